The molecule has 106 valence electrons. The molecule has 4 atom stereocenters. The molecule has 0 amide bonds. The summed E-state index contributed by atoms with van der Waals surface area (Å²) in [6.07, 6.45) is 0.441. The summed E-state index contributed by atoms with van der Waals surface area (Å²) in [5, 5.41) is 9.53. The molecular formula is C14H26BNO2Si. The van der Waals surface area contributed by atoms with Crippen LogP contribution < -0.4 is 0 Å². The van der Waals surface area contributed by atoms with Gasteiger partial charge in [-0.2, -0.15) is 5.26 Å². The van der Waals surface area contributed by atoms with Gasteiger partial charge in [0.15, 0.2) is 13.9 Å². The summed E-state index contributed by atoms with van der Waals surface area (Å²) in [6.45, 7) is 15.0. The van der Waals surface area contributed by atoms with E-state index < -0.39 is 19.9 Å². The highest BCUT2D eigenvalue weighted by molar-refractivity contribution is 6.74. The Kier molecular flexibility index (Phi) is 4.61. The Hall–Kier alpha value is -0.308. The number of hydrogen-bond donors (Lipinski definition) is 0. The van der Waals surface area contributed by atoms with Crippen LogP contribution in [0.15, 0.2) is 0 Å². The molecule has 5 heteroatoms. The lowest BCUT2D eigenvalue weighted by molar-refractivity contribution is 0.0100. The first-order valence-electron chi connectivity index (χ1n) is 7.03. The predicted molar refractivity (Wildman–Crippen MR) is 80.5 cm³/mol. The first-order valence-corrected chi connectivity index (χ1v) is 9.94. The van der Waals surface area contributed by atoms with Crippen LogP contribution >= 0.6 is 0 Å². The van der Waals surface area contributed by atoms with E-state index in [4.69, 9.17) is 17.0 Å². The van der Waals surface area contributed by atoms with E-state index in [0.29, 0.717) is 6.42 Å². The minimum atomic E-state index is -1.91. The van der Waals surface area contributed by atoms with Crippen LogP contribution in [0.2, 0.25) is 18.1 Å². The molecule has 0 bridgehead atoms. The van der Waals surface area contributed by atoms with Crippen LogP contribution in [-0.2, 0) is 9.16 Å². The van der Waals surface area contributed by atoms with Crippen molar-refractivity contribution in [2.45, 2.75) is 76.9 Å². The molecule has 3 nitrogen and oxygen atoms in total. The summed E-state index contributed by atoms with van der Waals surface area (Å²) in [5.41, 5.74) is -0.799. The smallest absolute Gasteiger partial charge is 0.192 e. The Morgan fingerprint density at radius 3 is 2.26 bits per heavy atom. The van der Waals surface area contributed by atoms with Crippen LogP contribution in [0.25, 0.3) is 0 Å². The molecule has 1 aliphatic rings. The van der Waals surface area contributed by atoms with Gasteiger partial charge >= 0.3 is 0 Å². The maximum Gasteiger partial charge on any atom is 0.192 e. The van der Waals surface area contributed by atoms with E-state index in [-0.39, 0.29) is 17.1 Å². The minimum absolute atomic E-state index is 0.00775. The SMILES string of the molecule is [B][C@@H]1O[C@](C#N)(CC)[C@@H](C)[C@H]1O[Si](C)(C)C(C)(C)C. The van der Waals surface area contributed by atoms with Gasteiger partial charge in [0, 0.05) is 11.9 Å². The van der Waals surface area contributed by atoms with Gasteiger partial charge in [0.05, 0.1) is 12.2 Å². The molecule has 19 heavy (non-hydrogen) atoms. The Bertz CT molecular complexity index is 375. The van der Waals surface area contributed by atoms with Crippen LogP contribution in [0.1, 0.15) is 41.0 Å². The first-order chi connectivity index (χ1) is 8.50. The molecule has 1 rings (SSSR count). The summed E-state index contributed by atoms with van der Waals surface area (Å²) < 4.78 is 12.1. The highest BCUT2D eigenvalue weighted by Gasteiger charge is 2.53. The molecule has 0 N–H and O–H groups in total. The fourth-order valence-electron chi connectivity index (χ4n) is 2.27. The van der Waals surface area contributed by atoms with Gasteiger partial charge in [-0.05, 0) is 24.6 Å². The average Bonchev–Trinajstić information content (AvgIpc) is 2.52. The number of nitrogens with zero attached hydrogens (tertiary/aromatic N) is 1. The third-order valence-electron chi connectivity index (χ3n) is 4.85. The van der Waals surface area contributed by atoms with Crippen molar-refractivity contribution >= 4 is 16.2 Å². The highest BCUT2D eigenvalue weighted by Crippen LogP contribution is 2.44. The van der Waals surface area contributed by atoms with E-state index >= 15 is 0 Å². The largest absolute Gasteiger partial charge is 0.412 e. The van der Waals surface area contributed by atoms with Crippen molar-refractivity contribution in [2.24, 2.45) is 5.92 Å². The standard InChI is InChI=1S/C14H26BNO2Si/c1-8-14(9-16)10(2)11(12(15)17-14)18-19(6,7)13(3,4)5/h10-12H,8H2,1-7H3/t10-,11+,12+,14-/m0/s1. The van der Waals surface area contributed by atoms with E-state index in [1.807, 2.05) is 13.8 Å². The molecule has 2 radical (unpaired) electrons. The average molecular weight is 279 g/mol. The van der Waals surface area contributed by atoms with Gasteiger partial charge in [-0.15, -0.1) is 0 Å². The summed E-state index contributed by atoms with van der Waals surface area (Å²) in [6, 6.07) is 1.78. The molecule has 0 unspecified atom stereocenters. The lowest BCUT2D eigenvalue weighted by Crippen LogP contribution is -2.48. The van der Waals surface area contributed by atoms with Crippen molar-refractivity contribution in [3.8, 4) is 6.07 Å². The van der Waals surface area contributed by atoms with Crippen LogP contribution in [0.5, 0.6) is 0 Å². The quantitative estimate of drug-likeness (QED) is 0.745. The monoisotopic (exact) mass is 279 g/mol. The van der Waals surface area contributed by atoms with E-state index in [0.717, 1.165) is 0 Å². The van der Waals surface area contributed by atoms with Crippen molar-refractivity contribution in [2.75, 3.05) is 0 Å². The third kappa shape index (κ3) is 2.91. The second-order valence-corrected chi connectivity index (χ2v) is 11.8. The molecular weight excluding hydrogens is 253 g/mol. The molecule has 0 aromatic heterocycles. The predicted octanol–water partition coefficient (Wildman–Crippen LogP) is 3.21. The fraction of sp³-hybridized carbons (Fsp3) is 0.929. The Morgan fingerprint density at radius 1 is 1.42 bits per heavy atom. The summed E-state index contributed by atoms with van der Waals surface area (Å²) in [7, 11) is 4.16. The van der Waals surface area contributed by atoms with Crippen molar-refractivity contribution < 1.29 is 9.16 Å². The van der Waals surface area contributed by atoms with E-state index in [9.17, 15) is 5.26 Å². The zero-order valence-electron chi connectivity index (χ0n) is 13.3. The molecule has 0 saturated carbocycles. The highest BCUT2D eigenvalue weighted by atomic mass is 28.4. The summed E-state index contributed by atoms with van der Waals surface area (Å²) in [5.74, 6) is -0.00775. The van der Waals surface area contributed by atoms with Crippen LogP contribution in [-0.4, -0.2) is 33.9 Å². The number of ether oxygens (including phenoxy) is 1. The van der Waals surface area contributed by atoms with Crippen molar-refractivity contribution in [3.63, 3.8) is 0 Å². The first kappa shape index (κ1) is 16.7. The minimum Gasteiger partial charge on any atom is -0.412 e. The van der Waals surface area contributed by atoms with Crippen LogP contribution in [0.4, 0.5) is 0 Å². The number of hydrogen-bond acceptors (Lipinski definition) is 3. The van der Waals surface area contributed by atoms with Crippen molar-refractivity contribution in [1.82, 2.24) is 0 Å². The second kappa shape index (κ2) is 5.23. The van der Waals surface area contributed by atoms with Crippen molar-refractivity contribution in [3.05, 3.63) is 0 Å². The Labute approximate surface area is 120 Å². The lowest BCUT2D eigenvalue weighted by Gasteiger charge is -2.40. The normalized spacial score (nSPS) is 36.2. The fourth-order valence-corrected chi connectivity index (χ4v) is 3.64. The molecule has 1 fully saturated rings. The van der Waals surface area contributed by atoms with Gasteiger partial charge in [-0.25, -0.2) is 0 Å². The molecule has 1 aliphatic heterocycles. The van der Waals surface area contributed by atoms with Gasteiger partial charge in [-0.1, -0.05) is 34.6 Å². The topological polar surface area (TPSA) is 42.2 Å². The van der Waals surface area contributed by atoms with Crippen molar-refractivity contribution in [1.29, 1.82) is 5.26 Å². The Balaban J connectivity index is 2.96. The van der Waals surface area contributed by atoms with Crippen LogP contribution in [0.3, 0.4) is 0 Å². The van der Waals surface area contributed by atoms with E-state index in [1.54, 1.807) is 0 Å². The van der Waals surface area contributed by atoms with Gasteiger partial charge in [-0.3, -0.25) is 0 Å². The Morgan fingerprint density at radius 2 is 1.95 bits per heavy atom. The zero-order valence-corrected chi connectivity index (χ0v) is 14.3. The molecule has 0 aromatic rings. The lowest BCUT2D eigenvalue weighted by atomic mass is 9.82. The van der Waals surface area contributed by atoms with Gasteiger partial charge in [0.2, 0.25) is 0 Å². The third-order valence-corrected chi connectivity index (χ3v) is 9.32. The molecule has 0 spiro atoms. The van der Waals surface area contributed by atoms with Gasteiger partial charge < -0.3 is 9.16 Å². The molecule has 1 saturated heterocycles. The molecule has 1 heterocycles. The van der Waals surface area contributed by atoms with Gasteiger partial charge in [0.1, 0.15) is 7.85 Å². The summed E-state index contributed by atoms with van der Waals surface area (Å²) >= 11 is 0. The van der Waals surface area contributed by atoms with Gasteiger partial charge in [0.25, 0.3) is 0 Å². The second-order valence-electron chi connectivity index (χ2n) is 7.07. The van der Waals surface area contributed by atoms with E-state index in [2.05, 4.69) is 39.9 Å². The van der Waals surface area contributed by atoms with Crippen LogP contribution in [0, 0.1) is 17.2 Å². The molecule has 0 aromatic carbocycles. The maximum absolute atomic E-state index is 9.41. The molecule has 0 aliphatic carbocycles. The number of nitriles is 1. The maximum atomic E-state index is 9.41. The summed E-state index contributed by atoms with van der Waals surface area (Å²) in [4.78, 5) is 0. The number of rotatable bonds is 3. The zero-order chi connectivity index (χ0) is 15.1. The van der Waals surface area contributed by atoms with E-state index in [1.165, 1.54) is 0 Å².